The molecule has 22 heavy (non-hydrogen) atoms. The number of halogens is 1. The molecular formula is C17H34ClNO3. The predicted molar refractivity (Wildman–Crippen MR) is 92.4 cm³/mol. The summed E-state index contributed by atoms with van der Waals surface area (Å²) in [4.78, 5) is 14.7. The van der Waals surface area contributed by atoms with Crippen LogP contribution in [0.1, 0.15) is 59.8 Å². The highest BCUT2D eigenvalue weighted by atomic mass is 35.5. The van der Waals surface area contributed by atoms with Crippen LogP contribution in [0.4, 0.5) is 0 Å². The zero-order chi connectivity index (χ0) is 15.9. The number of nitrogens with zero attached hydrogens (tertiary/aromatic N) is 1. The summed E-state index contributed by atoms with van der Waals surface area (Å²) in [5.41, 5.74) is -1.01. The number of hydrogen-bond donors (Lipinski definition) is 1. The summed E-state index contributed by atoms with van der Waals surface area (Å²) >= 11 is 0. The number of hydrogen-bond acceptors (Lipinski definition) is 4. The first kappa shape index (κ1) is 21.7. The van der Waals surface area contributed by atoms with Gasteiger partial charge >= 0.3 is 5.97 Å². The van der Waals surface area contributed by atoms with E-state index in [1.165, 1.54) is 6.42 Å². The van der Waals surface area contributed by atoms with Gasteiger partial charge in [-0.2, -0.15) is 0 Å². The second kappa shape index (κ2) is 10.5. The van der Waals surface area contributed by atoms with Gasteiger partial charge in [-0.3, -0.25) is 4.79 Å². The lowest BCUT2D eigenvalue weighted by atomic mass is 9.73. The number of esters is 1. The van der Waals surface area contributed by atoms with Crippen molar-refractivity contribution in [2.24, 2.45) is 11.8 Å². The minimum absolute atomic E-state index is 0. The molecule has 1 unspecified atom stereocenters. The standard InChI is InChI=1S/C17H33NO3.ClH/c1-5-18(6-2)12-13-21-16(19)15(17(3,4)20)14-10-8-7-9-11-14;/h14-15,20H,5-13H2,1-4H3;1H. The predicted octanol–water partition coefficient (Wildman–Crippen LogP) is 3.26. The van der Waals surface area contributed by atoms with E-state index in [4.69, 9.17) is 4.74 Å². The number of carbonyl (C=O) groups is 1. The Kier molecular flexibility index (Phi) is 10.3. The number of carbonyl (C=O) groups excluding carboxylic acids is 1. The van der Waals surface area contributed by atoms with Gasteiger partial charge in [0.2, 0.25) is 0 Å². The average Bonchev–Trinajstić information content (AvgIpc) is 2.43. The molecule has 0 aromatic carbocycles. The van der Waals surface area contributed by atoms with Crippen LogP contribution in [0.3, 0.4) is 0 Å². The maximum atomic E-state index is 12.4. The van der Waals surface area contributed by atoms with Crippen molar-refractivity contribution in [2.45, 2.75) is 65.4 Å². The third-order valence-electron chi connectivity index (χ3n) is 4.68. The molecule has 0 heterocycles. The maximum absolute atomic E-state index is 12.4. The van der Waals surface area contributed by atoms with Crippen molar-refractivity contribution in [3.63, 3.8) is 0 Å². The largest absolute Gasteiger partial charge is 0.464 e. The van der Waals surface area contributed by atoms with Crippen molar-refractivity contribution in [3.8, 4) is 0 Å². The van der Waals surface area contributed by atoms with E-state index in [0.717, 1.165) is 45.3 Å². The van der Waals surface area contributed by atoms with E-state index >= 15 is 0 Å². The monoisotopic (exact) mass is 335 g/mol. The Hall–Kier alpha value is -0.320. The zero-order valence-electron chi connectivity index (χ0n) is 14.6. The highest BCUT2D eigenvalue weighted by molar-refractivity contribution is 5.85. The summed E-state index contributed by atoms with van der Waals surface area (Å²) in [5.74, 6) is -0.351. The molecule has 0 bridgehead atoms. The van der Waals surface area contributed by atoms with E-state index in [1.54, 1.807) is 13.8 Å². The topological polar surface area (TPSA) is 49.8 Å². The Morgan fingerprint density at radius 2 is 1.77 bits per heavy atom. The first-order valence-electron chi connectivity index (χ1n) is 8.51. The summed E-state index contributed by atoms with van der Waals surface area (Å²) in [6.45, 7) is 10.8. The van der Waals surface area contributed by atoms with Gasteiger partial charge in [0.15, 0.2) is 0 Å². The van der Waals surface area contributed by atoms with Crippen LogP contribution in [0, 0.1) is 11.8 Å². The first-order chi connectivity index (χ1) is 9.90. The second-order valence-electron chi connectivity index (χ2n) is 6.72. The summed E-state index contributed by atoms with van der Waals surface area (Å²) in [6.07, 6.45) is 5.61. The zero-order valence-corrected chi connectivity index (χ0v) is 15.5. The molecule has 1 aliphatic carbocycles. The van der Waals surface area contributed by atoms with Crippen LogP contribution in [0.25, 0.3) is 0 Å². The van der Waals surface area contributed by atoms with Gasteiger partial charge in [-0.1, -0.05) is 33.1 Å². The molecule has 5 heteroatoms. The molecule has 1 atom stereocenters. The molecule has 1 saturated carbocycles. The third kappa shape index (κ3) is 6.84. The van der Waals surface area contributed by atoms with Gasteiger partial charge in [-0.15, -0.1) is 12.4 Å². The van der Waals surface area contributed by atoms with Gasteiger partial charge in [-0.25, -0.2) is 0 Å². The van der Waals surface area contributed by atoms with Crippen molar-refractivity contribution < 1.29 is 14.6 Å². The lowest BCUT2D eigenvalue weighted by molar-refractivity contribution is -0.162. The molecule has 1 rings (SSSR count). The Bertz CT molecular complexity index is 308. The number of aliphatic hydroxyl groups is 1. The molecule has 0 aromatic heterocycles. The molecule has 0 radical (unpaired) electrons. The summed E-state index contributed by atoms with van der Waals surface area (Å²) < 4.78 is 5.48. The van der Waals surface area contributed by atoms with Crippen LogP contribution < -0.4 is 0 Å². The SMILES string of the molecule is CCN(CC)CCOC(=O)C(C1CCCCC1)C(C)(C)O.Cl. The fourth-order valence-electron chi connectivity index (χ4n) is 3.43. The smallest absolute Gasteiger partial charge is 0.312 e. The van der Waals surface area contributed by atoms with Crippen LogP contribution >= 0.6 is 12.4 Å². The van der Waals surface area contributed by atoms with Crippen molar-refractivity contribution in [3.05, 3.63) is 0 Å². The first-order valence-corrected chi connectivity index (χ1v) is 8.51. The van der Waals surface area contributed by atoms with Crippen molar-refractivity contribution >= 4 is 18.4 Å². The summed E-state index contributed by atoms with van der Waals surface area (Å²) in [5, 5.41) is 10.4. The number of rotatable bonds is 8. The van der Waals surface area contributed by atoms with E-state index < -0.39 is 11.5 Å². The molecule has 4 nitrogen and oxygen atoms in total. The van der Waals surface area contributed by atoms with E-state index in [9.17, 15) is 9.90 Å². The van der Waals surface area contributed by atoms with Crippen LogP contribution in [-0.2, 0) is 9.53 Å². The minimum atomic E-state index is -1.01. The molecule has 1 N–H and O–H groups in total. The van der Waals surface area contributed by atoms with E-state index in [2.05, 4.69) is 18.7 Å². The molecule has 1 aliphatic rings. The van der Waals surface area contributed by atoms with E-state index in [1.807, 2.05) is 0 Å². The van der Waals surface area contributed by atoms with E-state index in [-0.39, 0.29) is 24.3 Å². The average molecular weight is 336 g/mol. The highest BCUT2D eigenvalue weighted by Gasteiger charge is 2.41. The van der Waals surface area contributed by atoms with Gasteiger partial charge in [0.25, 0.3) is 0 Å². The van der Waals surface area contributed by atoms with Gasteiger partial charge in [0.1, 0.15) is 6.61 Å². The third-order valence-corrected chi connectivity index (χ3v) is 4.68. The second-order valence-corrected chi connectivity index (χ2v) is 6.72. The van der Waals surface area contributed by atoms with Gasteiger partial charge in [0.05, 0.1) is 11.5 Å². The van der Waals surface area contributed by atoms with E-state index in [0.29, 0.717) is 6.61 Å². The fourth-order valence-corrected chi connectivity index (χ4v) is 3.43. The Balaban J connectivity index is 0.00000441. The molecular weight excluding hydrogens is 302 g/mol. The normalized spacial score (nSPS) is 17.9. The van der Waals surface area contributed by atoms with Crippen molar-refractivity contribution in [1.29, 1.82) is 0 Å². The molecule has 0 aliphatic heterocycles. The Morgan fingerprint density at radius 1 is 1.23 bits per heavy atom. The van der Waals surface area contributed by atoms with Crippen LogP contribution in [0.15, 0.2) is 0 Å². The van der Waals surface area contributed by atoms with Crippen LogP contribution in [0.5, 0.6) is 0 Å². The number of ether oxygens (including phenoxy) is 1. The van der Waals surface area contributed by atoms with Crippen LogP contribution in [-0.4, -0.2) is 47.8 Å². The highest BCUT2D eigenvalue weighted by Crippen LogP contribution is 2.36. The quantitative estimate of drug-likeness (QED) is 0.692. The van der Waals surface area contributed by atoms with Gasteiger partial charge in [0, 0.05) is 6.54 Å². The number of likely N-dealkylation sites (N-methyl/N-ethyl adjacent to an activating group) is 1. The molecule has 0 saturated heterocycles. The Morgan fingerprint density at radius 3 is 2.23 bits per heavy atom. The molecule has 0 spiro atoms. The maximum Gasteiger partial charge on any atom is 0.312 e. The lowest BCUT2D eigenvalue weighted by Gasteiger charge is -2.36. The molecule has 1 fully saturated rings. The Labute approximate surface area is 142 Å². The summed E-state index contributed by atoms with van der Waals surface area (Å²) in [6, 6.07) is 0. The van der Waals surface area contributed by atoms with Gasteiger partial charge < -0.3 is 14.7 Å². The summed E-state index contributed by atoms with van der Waals surface area (Å²) in [7, 11) is 0. The van der Waals surface area contributed by atoms with Gasteiger partial charge in [-0.05, 0) is 45.7 Å². The van der Waals surface area contributed by atoms with Crippen molar-refractivity contribution in [1.82, 2.24) is 4.90 Å². The lowest BCUT2D eigenvalue weighted by Crippen LogP contribution is -2.44. The fraction of sp³-hybridized carbons (Fsp3) is 0.941. The molecule has 0 aromatic rings. The molecule has 0 amide bonds. The molecule has 132 valence electrons. The van der Waals surface area contributed by atoms with Crippen molar-refractivity contribution in [2.75, 3.05) is 26.2 Å². The van der Waals surface area contributed by atoms with Crippen LogP contribution in [0.2, 0.25) is 0 Å². The minimum Gasteiger partial charge on any atom is -0.464 e.